The van der Waals surface area contributed by atoms with Crippen LogP contribution in [0.2, 0.25) is 0 Å². The Hall–Kier alpha value is -2.11. The predicted molar refractivity (Wildman–Crippen MR) is 68.7 cm³/mol. The average molecular weight is 250 g/mol. The summed E-state index contributed by atoms with van der Waals surface area (Å²) >= 11 is 0. The summed E-state index contributed by atoms with van der Waals surface area (Å²) in [6.45, 7) is 5.31. The molecule has 1 aromatic rings. The first-order valence-electron chi connectivity index (χ1n) is 5.65. The van der Waals surface area contributed by atoms with Crippen molar-refractivity contribution in [3.05, 3.63) is 23.5 Å². The number of hydrogen-bond acceptors (Lipinski definition) is 4. The van der Waals surface area contributed by atoms with E-state index in [0.29, 0.717) is 16.9 Å². The van der Waals surface area contributed by atoms with Crippen molar-refractivity contribution < 1.29 is 9.59 Å². The maximum atomic E-state index is 12.0. The van der Waals surface area contributed by atoms with E-state index in [4.69, 9.17) is 11.5 Å². The Morgan fingerprint density at radius 2 is 2.00 bits per heavy atom. The maximum Gasteiger partial charge on any atom is 0.253 e. The minimum atomic E-state index is -0.710. The number of nitrogens with two attached hydrogens (primary N) is 2. The Kier molecular flexibility index (Phi) is 4.25. The second kappa shape index (κ2) is 5.48. The standard InChI is InChI=1S/C12H18N4O2/c1-6(2)10(11(14)17)16-12(18)9-4-8(13)5-15-7(9)3/h4-6,10H,13H2,1-3H3,(H2,14,17)(H,16,18). The van der Waals surface area contributed by atoms with Crippen molar-refractivity contribution >= 4 is 17.5 Å². The summed E-state index contributed by atoms with van der Waals surface area (Å²) in [7, 11) is 0. The van der Waals surface area contributed by atoms with Crippen LogP contribution in [-0.4, -0.2) is 22.8 Å². The molecule has 18 heavy (non-hydrogen) atoms. The van der Waals surface area contributed by atoms with Crippen LogP contribution in [-0.2, 0) is 4.79 Å². The van der Waals surface area contributed by atoms with Gasteiger partial charge in [0.25, 0.3) is 5.91 Å². The van der Waals surface area contributed by atoms with Gasteiger partial charge in [0.1, 0.15) is 6.04 Å². The van der Waals surface area contributed by atoms with Gasteiger partial charge in [-0.2, -0.15) is 0 Å². The number of nitrogens with zero attached hydrogens (tertiary/aromatic N) is 1. The number of hydrogen-bond donors (Lipinski definition) is 3. The Morgan fingerprint density at radius 3 is 2.50 bits per heavy atom. The second-order valence-electron chi connectivity index (χ2n) is 4.50. The molecule has 0 spiro atoms. The van der Waals surface area contributed by atoms with Gasteiger partial charge in [-0.05, 0) is 18.9 Å². The molecule has 1 heterocycles. The minimum absolute atomic E-state index is 0.0826. The van der Waals surface area contributed by atoms with Gasteiger partial charge < -0.3 is 16.8 Å². The molecule has 98 valence electrons. The Bertz CT molecular complexity index is 471. The molecular weight excluding hydrogens is 232 g/mol. The predicted octanol–water partition coefficient (Wildman–Crippen LogP) is 0.212. The molecule has 1 atom stereocenters. The molecule has 0 aromatic carbocycles. The van der Waals surface area contributed by atoms with E-state index in [-0.39, 0.29) is 5.92 Å². The number of aryl methyl sites for hydroxylation is 1. The molecule has 2 amide bonds. The summed E-state index contributed by atoms with van der Waals surface area (Å²) in [5.74, 6) is -1.04. The molecule has 0 aliphatic carbocycles. The van der Waals surface area contributed by atoms with E-state index in [1.165, 1.54) is 12.3 Å². The number of amides is 2. The lowest BCUT2D eigenvalue weighted by atomic mass is 10.0. The first kappa shape index (κ1) is 14.0. The van der Waals surface area contributed by atoms with Crippen LogP contribution < -0.4 is 16.8 Å². The zero-order valence-corrected chi connectivity index (χ0v) is 10.7. The van der Waals surface area contributed by atoms with Crippen molar-refractivity contribution in [1.29, 1.82) is 0 Å². The van der Waals surface area contributed by atoms with Crippen LogP contribution in [0.25, 0.3) is 0 Å². The molecule has 0 fully saturated rings. The fourth-order valence-corrected chi connectivity index (χ4v) is 1.56. The number of aromatic nitrogens is 1. The number of carbonyl (C=O) groups excluding carboxylic acids is 2. The summed E-state index contributed by atoms with van der Waals surface area (Å²) in [4.78, 5) is 27.2. The number of nitrogen functional groups attached to an aromatic ring is 1. The molecule has 0 saturated carbocycles. The third kappa shape index (κ3) is 3.19. The van der Waals surface area contributed by atoms with Crippen molar-refractivity contribution in [1.82, 2.24) is 10.3 Å². The molecule has 1 rings (SSSR count). The molecule has 0 aliphatic rings. The lowest BCUT2D eigenvalue weighted by molar-refractivity contribution is -0.120. The van der Waals surface area contributed by atoms with Gasteiger partial charge in [0.2, 0.25) is 5.91 Å². The monoisotopic (exact) mass is 250 g/mol. The lowest BCUT2D eigenvalue weighted by Crippen LogP contribution is -2.47. The van der Waals surface area contributed by atoms with Crippen LogP contribution in [0.15, 0.2) is 12.3 Å². The summed E-state index contributed by atoms with van der Waals surface area (Å²) in [5.41, 5.74) is 12.1. The molecule has 0 bridgehead atoms. The number of anilines is 1. The van der Waals surface area contributed by atoms with Gasteiger partial charge >= 0.3 is 0 Å². The van der Waals surface area contributed by atoms with Gasteiger partial charge in [0.15, 0.2) is 0 Å². The topological polar surface area (TPSA) is 111 Å². The smallest absolute Gasteiger partial charge is 0.253 e. The highest BCUT2D eigenvalue weighted by atomic mass is 16.2. The highest BCUT2D eigenvalue weighted by Crippen LogP contribution is 2.10. The molecule has 6 nitrogen and oxygen atoms in total. The van der Waals surface area contributed by atoms with Gasteiger partial charge in [-0.15, -0.1) is 0 Å². The SMILES string of the molecule is Cc1ncc(N)cc1C(=O)NC(C(N)=O)C(C)C. The van der Waals surface area contributed by atoms with Gasteiger partial charge in [0, 0.05) is 0 Å². The molecule has 0 aliphatic heterocycles. The van der Waals surface area contributed by atoms with Crippen LogP contribution in [0.5, 0.6) is 0 Å². The summed E-state index contributed by atoms with van der Waals surface area (Å²) in [6, 6.07) is 0.814. The van der Waals surface area contributed by atoms with Gasteiger partial charge in [0.05, 0.1) is 23.1 Å². The highest BCUT2D eigenvalue weighted by Gasteiger charge is 2.23. The molecule has 1 aromatic heterocycles. The fraction of sp³-hybridized carbons (Fsp3) is 0.417. The first-order valence-corrected chi connectivity index (χ1v) is 5.65. The molecular formula is C12H18N4O2. The van der Waals surface area contributed by atoms with E-state index >= 15 is 0 Å². The lowest BCUT2D eigenvalue weighted by Gasteiger charge is -2.19. The molecule has 5 N–H and O–H groups in total. The van der Waals surface area contributed by atoms with Crippen LogP contribution in [0.1, 0.15) is 29.9 Å². The zero-order chi connectivity index (χ0) is 13.9. The normalized spacial score (nSPS) is 12.2. The number of pyridine rings is 1. The van der Waals surface area contributed by atoms with Crippen LogP contribution in [0.4, 0.5) is 5.69 Å². The van der Waals surface area contributed by atoms with E-state index in [9.17, 15) is 9.59 Å². The van der Waals surface area contributed by atoms with Crippen molar-refractivity contribution in [3.63, 3.8) is 0 Å². The summed E-state index contributed by atoms with van der Waals surface area (Å²) in [5, 5.41) is 2.59. The Morgan fingerprint density at radius 1 is 1.39 bits per heavy atom. The third-order valence-corrected chi connectivity index (χ3v) is 2.61. The van der Waals surface area contributed by atoms with Gasteiger partial charge in [-0.1, -0.05) is 13.8 Å². The average Bonchev–Trinajstić information content (AvgIpc) is 2.28. The highest BCUT2D eigenvalue weighted by molar-refractivity contribution is 5.98. The number of rotatable bonds is 4. The van der Waals surface area contributed by atoms with Crippen molar-refractivity contribution in [2.24, 2.45) is 11.7 Å². The molecule has 0 saturated heterocycles. The Labute approximate surface area is 106 Å². The van der Waals surface area contributed by atoms with E-state index in [1.807, 2.05) is 0 Å². The largest absolute Gasteiger partial charge is 0.397 e. The van der Waals surface area contributed by atoms with Crippen molar-refractivity contribution in [3.8, 4) is 0 Å². The molecule has 6 heteroatoms. The number of carbonyl (C=O) groups is 2. The van der Waals surface area contributed by atoms with E-state index in [0.717, 1.165) is 0 Å². The quantitative estimate of drug-likeness (QED) is 0.709. The van der Waals surface area contributed by atoms with E-state index < -0.39 is 17.9 Å². The molecule has 0 radical (unpaired) electrons. The number of nitrogens with one attached hydrogen (secondary N) is 1. The second-order valence-corrected chi connectivity index (χ2v) is 4.50. The van der Waals surface area contributed by atoms with Gasteiger partial charge in [-0.3, -0.25) is 14.6 Å². The van der Waals surface area contributed by atoms with Crippen molar-refractivity contribution in [2.45, 2.75) is 26.8 Å². The van der Waals surface area contributed by atoms with E-state index in [2.05, 4.69) is 10.3 Å². The van der Waals surface area contributed by atoms with Gasteiger partial charge in [-0.25, -0.2) is 0 Å². The maximum absolute atomic E-state index is 12.0. The van der Waals surface area contributed by atoms with Crippen LogP contribution in [0, 0.1) is 12.8 Å². The minimum Gasteiger partial charge on any atom is -0.397 e. The summed E-state index contributed by atoms with van der Waals surface area (Å²) < 4.78 is 0. The Balaban J connectivity index is 2.94. The zero-order valence-electron chi connectivity index (χ0n) is 10.7. The summed E-state index contributed by atoms with van der Waals surface area (Å²) in [6.07, 6.45) is 1.47. The van der Waals surface area contributed by atoms with Crippen molar-refractivity contribution in [2.75, 3.05) is 5.73 Å². The molecule has 1 unspecified atom stereocenters. The van der Waals surface area contributed by atoms with Crippen LogP contribution in [0.3, 0.4) is 0 Å². The third-order valence-electron chi connectivity index (χ3n) is 2.61. The van der Waals surface area contributed by atoms with E-state index in [1.54, 1.807) is 20.8 Å². The first-order chi connectivity index (χ1) is 8.32. The fourth-order valence-electron chi connectivity index (χ4n) is 1.56. The number of primary amides is 1. The van der Waals surface area contributed by atoms with Crippen LogP contribution >= 0.6 is 0 Å².